The Kier molecular flexibility index (Phi) is 4.62. The first-order valence-corrected chi connectivity index (χ1v) is 8.44. The van der Waals surface area contributed by atoms with Crippen LogP contribution < -0.4 is 0 Å². The highest BCUT2D eigenvalue weighted by molar-refractivity contribution is 5.94. The molecule has 2 saturated heterocycles. The predicted octanol–water partition coefficient (Wildman–Crippen LogP) is 2.19. The number of likely N-dealkylation sites (N-methyl/N-ethyl adjacent to an activating group) is 1. The number of amides is 1. The quantitative estimate of drug-likeness (QED) is 0.899. The molecule has 2 fully saturated rings. The molecular weight excluding hydrogens is 314 g/mol. The van der Waals surface area contributed by atoms with E-state index in [0.717, 1.165) is 19.4 Å². The van der Waals surface area contributed by atoms with Crippen LogP contribution in [0.3, 0.4) is 0 Å². The zero-order chi connectivity index (χ0) is 17.5. The second-order valence-electron chi connectivity index (χ2n) is 7.18. The number of piperidine rings is 2. The van der Waals surface area contributed by atoms with Crippen LogP contribution >= 0.6 is 0 Å². The van der Waals surface area contributed by atoms with Crippen molar-refractivity contribution in [3.05, 3.63) is 34.9 Å². The minimum atomic E-state index is -1.07. The smallest absolute Gasteiger partial charge is 0.256 e. The molecule has 2 heterocycles. The highest BCUT2D eigenvalue weighted by Crippen LogP contribution is 2.41. The Labute approximate surface area is 141 Å². The number of aliphatic hydroxyl groups excluding tert-OH is 1. The van der Waals surface area contributed by atoms with Crippen LogP contribution in [0.5, 0.6) is 0 Å². The summed E-state index contributed by atoms with van der Waals surface area (Å²) in [6, 6.07) is 2.84. The fourth-order valence-electron chi connectivity index (χ4n) is 4.18. The normalized spacial score (nSPS) is 27.9. The number of likely N-dealkylation sites (tertiary alicyclic amines) is 2. The first kappa shape index (κ1) is 17.3. The summed E-state index contributed by atoms with van der Waals surface area (Å²) in [5.74, 6) is -2.51. The Morgan fingerprint density at radius 2 is 2.04 bits per heavy atom. The summed E-state index contributed by atoms with van der Waals surface area (Å²) in [7, 11) is 1.99. The summed E-state index contributed by atoms with van der Waals surface area (Å²) in [5.41, 5.74) is -0.219. The van der Waals surface area contributed by atoms with Crippen molar-refractivity contribution in [2.45, 2.75) is 32.2 Å². The molecule has 0 saturated carbocycles. The predicted molar refractivity (Wildman–Crippen MR) is 86.8 cm³/mol. The number of carbonyl (C=O) groups excluding carboxylic acids is 1. The Hall–Kier alpha value is -1.53. The number of halogens is 2. The number of benzene rings is 1. The van der Waals surface area contributed by atoms with Crippen molar-refractivity contribution in [3.8, 4) is 0 Å². The maximum atomic E-state index is 14.1. The molecule has 1 aromatic carbocycles. The SMILES string of the molecule is Cc1ccc(C(=O)N2CC[C@@]3(CO)CCCN(C)[C@@H]3C2)c(F)c1F. The Morgan fingerprint density at radius 1 is 1.29 bits per heavy atom. The van der Waals surface area contributed by atoms with Crippen molar-refractivity contribution in [2.75, 3.05) is 33.3 Å². The van der Waals surface area contributed by atoms with E-state index in [1.165, 1.54) is 19.1 Å². The summed E-state index contributed by atoms with van der Waals surface area (Å²) >= 11 is 0. The van der Waals surface area contributed by atoms with Gasteiger partial charge in [0.2, 0.25) is 0 Å². The van der Waals surface area contributed by atoms with Gasteiger partial charge in [-0.15, -0.1) is 0 Å². The monoisotopic (exact) mass is 338 g/mol. The lowest BCUT2D eigenvalue weighted by molar-refractivity contribution is -0.0602. The second kappa shape index (κ2) is 6.41. The van der Waals surface area contributed by atoms with Gasteiger partial charge in [0.1, 0.15) is 0 Å². The summed E-state index contributed by atoms with van der Waals surface area (Å²) in [4.78, 5) is 16.5. The number of fused-ring (bicyclic) bond motifs is 1. The Morgan fingerprint density at radius 3 is 2.75 bits per heavy atom. The molecule has 1 amide bonds. The van der Waals surface area contributed by atoms with Crippen molar-refractivity contribution < 1.29 is 18.7 Å². The van der Waals surface area contributed by atoms with Gasteiger partial charge in [0.15, 0.2) is 11.6 Å². The van der Waals surface area contributed by atoms with Crippen molar-refractivity contribution in [3.63, 3.8) is 0 Å². The van der Waals surface area contributed by atoms with Crippen LogP contribution in [0.2, 0.25) is 0 Å². The van der Waals surface area contributed by atoms with Crippen molar-refractivity contribution in [1.29, 1.82) is 0 Å². The molecule has 2 aliphatic rings. The standard InChI is InChI=1S/C18H24F2N2O2/c1-12-4-5-13(16(20)15(12)19)17(24)22-9-7-18(11-23)6-3-8-21(2)14(18)10-22/h4-5,14,23H,3,6-11H2,1-2H3/t14-,18-/m1/s1. The van der Waals surface area contributed by atoms with Gasteiger partial charge in [-0.25, -0.2) is 8.78 Å². The van der Waals surface area contributed by atoms with E-state index in [2.05, 4.69) is 4.90 Å². The number of carbonyl (C=O) groups is 1. The van der Waals surface area contributed by atoms with Crippen LogP contribution in [0.25, 0.3) is 0 Å². The molecule has 2 atom stereocenters. The summed E-state index contributed by atoms with van der Waals surface area (Å²) in [6.07, 6.45) is 2.65. The first-order valence-electron chi connectivity index (χ1n) is 8.44. The minimum Gasteiger partial charge on any atom is -0.396 e. The molecule has 1 N–H and O–H groups in total. The van der Waals surface area contributed by atoms with Crippen LogP contribution in [-0.2, 0) is 0 Å². The highest BCUT2D eigenvalue weighted by Gasteiger charge is 2.47. The Bertz CT molecular complexity index is 652. The topological polar surface area (TPSA) is 43.8 Å². The fourth-order valence-corrected chi connectivity index (χ4v) is 4.18. The van der Waals surface area contributed by atoms with Gasteiger partial charge in [-0.05, 0) is 51.4 Å². The molecule has 0 spiro atoms. The molecular formula is C18H24F2N2O2. The van der Waals surface area contributed by atoms with Crippen LogP contribution in [0, 0.1) is 24.0 Å². The molecule has 0 radical (unpaired) electrons. The van der Waals surface area contributed by atoms with Gasteiger partial charge in [0.25, 0.3) is 5.91 Å². The van der Waals surface area contributed by atoms with E-state index in [-0.39, 0.29) is 29.2 Å². The average molecular weight is 338 g/mol. The van der Waals surface area contributed by atoms with Gasteiger partial charge in [-0.2, -0.15) is 0 Å². The first-order chi connectivity index (χ1) is 11.4. The third kappa shape index (κ3) is 2.71. The molecule has 132 valence electrons. The lowest BCUT2D eigenvalue weighted by atomic mass is 9.69. The molecule has 6 heteroatoms. The van der Waals surface area contributed by atoms with Gasteiger partial charge in [0.05, 0.1) is 12.2 Å². The third-order valence-corrected chi connectivity index (χ3v) is 5.81. The Balaban J connectivity index is 1.84. The summed E-state index contributed by atoms with van der Waals surface area (Å²) in [6.45, 7) is 3.38. The van der Waals surface area contributed by atoms with Gasteiger partial charge < -0.3 is 14.9 Å². The molecule has 0 bridgehead atoms. The van der Waals surface area contributed by atoms with Crippen LogP contribution in [-0.4, -0.2) is 60.1 Å². The third-order valence-electron chi connectivity index (χ3n) is 5.81. The number of rotatable bonds is 2. The molecule has 24 heavy (non-hydrogen) atoms. The van der Waals surface area contributed by atoms with E-state index in [1.807, 2.05) is 7.05 Å². The largest absolute Gasteiger partial charge is 0.396 e. The van der Waals surface area contributed by atoms with Crippen LogP contribution in [0.1, 0.15) is 35.2 Å². The van der Waals surface area contributed by atoms with Gasteiger partial charge >= 0.3 is 0 Å². The maximum absolute atomic E-state index is 14.1. The average Bonchev–Trinajstić information content (AvgIpc) is 2.59. The summed E-state index contributed by atoms with van der Waals surface area (Å²) < 4.78 is 27.9. The van der Waals surface area contributed by atoms with Crippen LogP contribution in [0.15, 0.2) is 12.1 Å². The zero-order valence-electron chi connectivity index (χ0n) is 14.2. The minimum absolute atomic E-state index is 0.0484. The van der Waals surface area contributed by atoms with Gasteiger partial charge in [-0.1, -0.05) is 6.07 Å². The van der Waals surface area contributed by atoms with E-state index in [0.29, 0.717) is 19.5 Å². The number of nitrogens with zero attached hydrogens (tertiary/aromatic N) is 2. The van der Waals surface area contributed by atoms with E-state index in [9.17, 15) is 18.7 Å². The summed E-state index contributed by atoms with van der Waals surface area (Å²) in [5, 5.41) is 9.91. The van der Waals surface area contributed by atoms with Gasteiger partial charge in [0, 0.05) is 24.5 Å². The number of aliphatic hydroxyl groups is 1. The van der Waals surface area contributed by atoms with E-state index >= 15 is 0 Å². The van der Waals surface area contributed by atoms with Crippen molar-refractivity contribution in [1.82, 2.24) is 9.80 Å². The molecule has 2 aliphatic heterocycles. The fraction of sp³-hybridized carbons (Fsp3) is 0.611. The highest BCUT2D eigenvalue weighted by atomic mass is 19.2. The lowest BCUT2D eigenvalue weighted by Gasteiger charge is -2.53. The second-order valence-corrected chi connectivity index (χ2v) is 7.18. The zero-order valence-corrected chi connectivity index (χ0v) is 14.2. The van der Waals surface area contributed by atoms with E-state index in [4.69, 9.17) is 0 Å². The van der Waals surface area contributed by atoms with Gasteiger partial charge in [-0.3, -0.25) is 4.79 Å². The number of aryl methyl sites for hydroxylation is 1. The lowest BCUT2D eigenvalue weighted by Crippen LogP contribution is -2.62. The molecule has 0 unspecified atom stereocenters. The van der Waals surface area contributed by atoms with E-state index in [1.54, 1.807) is 4.90 Å². The maximum Gasteiger partial charge on any atom is 0.256 e. The van der Waals surface area contributed by atoms with E-state index < -0.39 is 17.5 Å². The molecule has 0 aliphatic carbocycles. The van der Waals surface area contributed by atoms with Crippen LogP contribution in [0.4, 0.5) is 8.78 Å². The molecule has 0 aromatic heterocycles. The number of hydrogen-bond acceptors (Lipinski definition) is 3. The van der Waals surface area contributed by atoms with Crippen molar-refractivity contribution >= 4 is 5.91 Å². The molecule has 1 aromatic rings. The molecule has 4 nitrogen and oxygen atoms in total. The number of hydrogen-bond donors (Lipinski definition) is 1. The van der Waals surface area contributed by atoms with Crippen molar-refractivity contribution in [2.24, 2.45) is 5.41 Å². The molecule has 3 rings (SSSR count).